The van der Waals surface area contributed by atoms with Gasteiger partial charge in [-0.2, -0.15) is 0 Å². The van der Waals surface area contributed by atoms with E-state index in [4.69, 9.17) is 13.9 Å². The van der Waals surface area contributed by atoms with Crippen molar-refractivity contribution in [2.75, 3.05) is 0 Å². The van der Waals surface area contributed by atoms with E-state index in [9.17, 15) is 13.2 Å². The number of benzene rings is 1. The summed E-state index contributed by atoms with van der Waals surface area (Å²) in [5, 5.41) is 0. The first-order valence-electron chi connectivity index (χ1n) is 7.23. The molecule has 126 valence electrons. The lowest BCUT2D eigenvalue weighted by Crippen LogP contribution is -2.43. The first kappa shape index (κ1) is 19.2. The second kappa shape index (κ2) is 8.10. The van der Waals surface area contributed by atoms with E-state index in [0.29, 0.717) is 16.0 Å². The summed E-state index contributed by atoms with van der Waals surface area (Å²) in [5.74, 6) is -5.13. The van der Waals surface area contributed by atoms with Crippen molar-refractivity contribution in [1.82, 2.24) is 0 Å². The minimum Gasteiger partial charge on any atom is -0.380 e. The number of rotatable bonds is 8. The Morgan fingerprint density at radius 2 is 1.45 bits per heavy atom. The zero-order valence-corrected chi connectivity index (χ0v) is 15.6. The summed E-state index contributed by atoms with van der Waals surface area (Å²) in [7, 11) is 0.371. The Morgan fingerprint density at radius 1 is 1.00 bits per heavy atom. The predicted molar refractivity (Wildman–Crippen MR) is 80.8 cm³/mol. The third-order valence-electron chi connectivity index (χ3n) is 2.90. The molecule has 0 radical (unpaired) electrons. The zero-order valence-electron chi connectivity index (χ0n) is 13.6. The fourth-order valence-electron chi connectivity index (χ4n) is 2.11. The highest BCUT2D eigenvalue weighted by Crippen LogP contribution is 2.26. The first-order chi connectivity index (χ1) is 10.2. The van der Waals surface area contributed by atoms with Gasteiger partial charge in [-0.3, -0.25) is 0 Å². The van der Waals surface area contributed by atoms with E-state index in [0.717, 1.165) is 12.1 Å². The van der Waals surface area contributed by atoms with Gasteiger partial charge in [0.25, 0.3) is 5.97 Å². The largest absolute Gasteiger partial charge is 0.380 e. The van der Waals surface area contributed by atoms with E-state index in [1.54, 1.807) is 0 Å². The molecular formula is C15H23F3O3Si. The van der Waals surface area contributed by atoms with Crippen LogP contribution in [0.15, 0.2) is 12.1 Å². The van der Waals surface area contributed by atoms with E-state index < -0.39 is 23.4 Å². The van der Waals surface area contributed by atoms with Gasteiger partial charge in [0.1, 0.15) is 0 Å². The van der Waals surface area contributed by atoms with Crippen LogP contribution in [-0.2, 0) is 20.3 Å². The molecule has 0 spiro atoms. The quantitative estimate of drug-likeness (QED) is 0.415. The molecule has 0 N–H and O–H groups in total. The standard InChI is InChI=1S/C15H23F3O3Si/c1-9(2)19-15(21-22,20-10(3)4)6-5-11-7-12(16)14(18)13(17)8-11/h7-10H,5-6H2,1-4,22H3. The minimum atomic E-state index is -1.47. The molecule has 0 unspecified atom stereocenters. The van der Waals surface area contributed by atoms with Gasteiger partial charge in [0.05, 0.1) is 12.2 Å². The molecule has 0 saturated heterocycles. The Bertz CT molecular complexity index is 462. The molecule has 0 aromatic heterocycles. The second-order valence-electron chi connectivity index (χ2n) is 5.59. The predicted octanol–water partition coefficient (Wildman–Crippen LogP) is 2.84. The number of aryl methyl sites for hydroxylation is 1. The van der Waals surface area contributed by atoms with Crippen LogP contribution in [0.5, 0.6) is 0 Å². The number of hydrogen-bond donors (Lipinski definition) is 0. The maximum Gasteiger partial charge on any atom is 0.273 e. The van der Waals surface area contributed by atoms with Crippen molar-refractivity contribution in [3.05, 3.63) is 35.1 Å². The van der Waals surface area contributed by atoms with Crippen molar-refractivity contribution < 1.29 is 27.1 Å². The number of ether oxygens (including phenoxy) is 2. The van der Waals surface area contributed by atoms with Crippen molar-refractivity contribution in [1.29, 1.82) is 0 Å². The molecule has 1 aromatic rings. The van der Waals surface area contributed by atoms with E-state index in [1.807, 2.05) is 27.7 Å². The fourth-order valence-corrected chi connectivity index (χ4v) is 2.51. The Hall–Kier alpha value is -0.893. The Balaban J connectivity index is 2.90. The Kier molecular flexibility index (Phi) is 7.05. The summed E-state index contributed by atoms with van der Waals surface area (Å²) >= 11 is 0. The highest BCUT2D eigenvalue weighted by atomic mass is 28.2. The van der Waals surface area contributed by atoms with Gasteiger partial charge in [0, 0.05) is 6.42 Å². The van der Waals surface area contributed by atoms with Crippen LogP contribution in [0.1, 0.15) is 39.7 Å². The lowest BCUT2D eigenvalue weighted by molar-refractivity contribution is -0.368. The first-order valence-corrected chi connectivity index (χ1v) is 8.05. The van der Waals surface area contributed by atoms with Gasteiger partial charge in [0.15, 0.2) is 27.9 Å². The number of halogens is 3. The molecule has 0 aliphatic rings. The summed E-state index contributed by atoms with van der Waals surface area (Å²) in [6.07, 6.45) is 0.191. The van der Waals surface area contributed by atoms with Crippen LogP contribution in [0, 0.1) is 17.5 Å². The van der Waals surface area contributed by atoms with Crippen LogP contribution < -0.4 is 0 Å². The molecule has 7 heteroatoms. The van der Waals surface area contributed by atoms with E-state index in [1.165, 1.54) is 0 Å². The monoisotopic (exact) mass is 336 g/mol. The van der Waals surface area contributed by atoms with Crippen molar-refractivity contribution in [2.24, 2.45) is 0 Å². The van der Waals surface area contributed by atoms with Crippen LogP contribution in [0.2, 0.25) is 0 Å². The molecule has 1 rings (SSSR count). The lowest BCUT2D eigenvalue weighted by Gasteiger charge is -2.36. The Labute approximate surface area is 132 Å². The van der Waals surface area contributed by atoms with E-state index in [-0.39, 0.29) is 25.0 Å². The molecule has 0 fully saturated rings. The molecule has 0 aliphatic carbocycles. The summed E-state index contributed by atoms with van der Waals surface area (Å²) in [6, 6.07) is 1.95. The van der Waals surface area contributed by atoms with Crippen molar-refractivity contribution in [3.63, 3.8) is 0 Å². The minimum absolute atomic E-state index is 0.144. The van der Waals surface area contributed by atoms with Crippen LogP contribution >= 0.6 is 0 Å². The van der Waals surface area contributed by atoms with Crippen molar-refractivity contribution >= 4 is 10.5 Å². The normalized spacial score (nSPS) is 12.6. The SMILES string of the molecule is CC(C)OC(CCc1cc(F)c(F)c(F)c1)(O[SiH3])OC(C)C. The molecule has 1 aromatic carbocycles. The third kappa shape index (κ3) is 5.39. The van der Waals surface area contributed by atoms with Crippen molar-refractivity contribution in [3.8, 4) is 0 Å². The molecule has 3 nitrogen and oxygen atoms in total. The van der Waals surface area contributed by atoms with Gasteiger partial charge < -0.3 is 13.9 Å². The molecular weight excluding hydrogens is 313 g/mol. The highest BCUT2D eigenvalue weighted by molar-refractivity contribution is 5.98. The zero-order chi connectivity index (χ0) is 16.9. The van der Waals surface area contributed by atoms with Gasteiger partial charge >= 0.3 is 0 Å². The molecule has 0 aliphatic heterocycles. The maximum absolute atomic E-state index is 13.3. The fraction of sp³-hybridized carbons (Fsp3) is 0.600. The van der Waals surface area contributed by atoms with Crippen LogP contribution in [-0.4, -0.2) is 28.7 Å². The summed E-state index contributed by atoms with van der Waals surface area (Å²) in [5.41, 5.74) is 0.319. The van der Waals surface area contributed by atoms with Gasteiger partial charge in [-0.15, -0.1) is 0 Å². The summed E-state index contributed by atoms with van der Waals surface area (Å²) < 4.78 is 56.5. The Morgan fingerprint density at radius 3 is 1.82 bits per heavy atom. The third-order valence-corrected chi connectivity index (χ3v) is 3.53. The second-order valence-corrected chi connectivity index (χ2v) is 6.00. The topological polar surface area (TPSA) is 27.7 Å². The van der Waals surface area contributed by atoms with Crippen LogP contribution in [0.4, 0.5) is 13.2 Å². The molecule has 22 heavy (non-hydrogen) atoms. The molecule has 0 heterocycles. The maximum atomic E-state index is 13.3. The van der Waals surface area contributed by atoms with E-state index in [2.05, 4.69) is 0 Å². The highest BCUT2D eigenvalue weighted by Gasteiger charge is 2.34. The van der Waals surface area contributed by atoms with Gasteiger partial charge in [-0.05, 0) is 51.8 Å². The molecule has 0 bridgehead atoms. The van der Waals surface area contributed by atoms with Crippen LogP contribution in [0.3, 0.4) is 0 Å². The summed E-state index contributed by atoms with van der Waals surface area (Å²) in [6.45, 7) is 7.37. The average Bonchev–Trinajstić information content (AvgIpc) is 2.40. The van der Waals surface area contributed by atoms with Crippen molar-refractivity contribution in [2.45, 2.75) is 58.7 Å². The van der Waals surface area contributed by atoms with E-state index >= 15 is 0 Å². The average molecular weight is 336 g/mol. The van der Waals surface area contributed by atoms with Crippen LogP contribution in [0.25, 0.3) is 0 Å². The van der Waals surface area contributed by atoms with Gasteiger partial charge in [-0.25, -0.2) is 13.2 Å². The van der Waals surface area contributed by atoms with Gasteiger partial charge in [0.2, 0.25) is 0 Å². The molecule has 0 amide bonds. The molecule has 0 atom stereocenters. The summed E-state index contributed by atoms with van der Waals surface area (Å²) in [4.78, 5) is 0. The molecule has 0 saturated carbocycles. The lowest BCUT2D eigenvalue weighted by atomic mass is 10.1. The number of hydrogen-bond acceptors (Lipinski definition) is 3. The van der Waals surface area contributed by atoms with Gasteiger partial charge in [-0.1, -0.05) is 0 Å². The smallest absolute Gasteiger partial charge is 0.273 e.